The van der Waals surface area contributed by atoms with Crippen molar-refractivity contribution in [2.75, 3.05) is 6.61 Å². The molecule has 0 bridgehead atoms. The van der Waals surface area contributed by atoms with Gasteiger partial charge in [-0.25, -0.2) is 9.37 Å². The number of aliphatic hydroxyl groups excluding tert-OH is 1. The van der Waals surface area contributed by atoms with Gasteiger partial charge < -0.3 is 19.1 Å². The van der Waals surface area contributed by atoms with Crippen molar-refractivity contribution in [3.8, 4) is 11.5 Å². The van der Waals surface area contributed by atoms with Gasteiger partial charge in [-0.1, -0.05) is 42.0 Å². The maximum Gasteiger partial charge on any atom is 0.165 e. The van der Waals surface area contributed by atoms with E-state index in [9.17, 15) is 9.50 Å². The maximum absolute atomic E-state index is 13.7. The number of hydrogen-bond acceptors (Lipinski definition) is 4. The number of fused-ring (bicyclic) bond motifs is 1. The Kier molecular flexibility index (Phi) is 5.95. The molecule has 0 amide bonds. The Bertz CT molecular complexity index is 1120. The average Bonchev–Trinajstić information content (AvgIpc) is 3.10. The zero-order valence-electron chi connectivity index (χ0n) is 16.7. The van der Waals surface area contributed by atoms with Crippen LogP contribution in [0, 0.1) is 12.7 Å². The molecule has 0 spiro atoms. The highest BCUT2D eigenvalue weighted by Crippen LogP contribution is 2.20. The van der Waals surface area contributed by atoms with Gasteiger partial charge in [0.05, 0.1) is 17.6 Å². The summed E-state index contributed by atoms with van der Waals surface area (Å²) in [6.45, 7) is 2.50. The molecule has 3 aromatic carbocycles. The monoisotopic (exact) mass is 406 g/mol. The van der Waals surface area contributed by atoms with E-state index in [0.717, 1.165) is 22.3 Å². The zero-order valence-corrected chi connectivity index (χ0v) is 16.7. The summed E-state index contributed by atoms with van der Waals surface area (Å²) in [5.41, 5.74) is 2.87. The third-order valence-electron chi connectivity index (χ3n) is 4.78. The minimum atomic E-state index is -0.847. The van der Waals surface area contributed by atoms with Gasteiger partial charge in [0.25, 0.3) is 0 Å². The van der Waals surface area contributed by atoms with Crippen molar-refractivity contribution >= 4 is 11.0 Å². The van der Waals surface area contributed by atoms with Crippen molar-refractivity contribution in [1.82, 2.24) is 9.55 Å². The Morgan fingerprint density at radius 2 is 1.70 bits per heavy atom. The van der Waals surface area contributed by atoms with E-state index in [0.29, 0.717) is 5.82 Å². The Morgan fingerprint density at radius 1 is 0.967 bits per heavy atom. The third kappa shape index (κ3) is 4.60. The van der Waals surface area contributed by atoms with Gasteiger partial charge in [0.2, 0.25) is 0 Å². The number of hydrogen-bond donors (Lipinski definition) is 1. The molecule has 1 aromatic heterocycles. The number of halogens is 1. The molecule has 30 heavy (non-hydrogen) atoms. The molecule has 0 saturated heterocycles. The molecule has 0 aliphatic heterocycles. The minimum Gasteiger partial charge on any atom is -0.488 e. The second kappa shape index (κ2) is 8.97. The van der Waals surface area contributed by atoms with E-state index in [4.69, 9.17) is 9.47 Å². The summed E-state index contributed by atoms with van der Waals surface area (Å²) < 4.78 is 27.0. The smallest absolute Gasteiger partial charge is 0.165 e. The molecule has 0 fully saturated rings. The second-order valence-corrected chi connectivity index (χ2v) is 7.12. The van der Waals surface area contributed by atoms with Gasteiger partial charge in [-0.3, -0.25) is 0 Å². The van der Waals surface area contributed by atoms with Crippen LogP contribution in [0.3, 0.4) is 0 Å². The second-order valence-electron chi connectivity index (χ2n) is 7.12. The number of ether oxygens (including phenoxy) is 2. The molecule has 0 radical (unpaired) electrons. The number of aliphatic hydroxyl groups is 1. The van der Waals surface area contributed by atoms with Crippen LogP contribution in [0.5, 0.6) is 11.5 Å². The van der Waals surface area contributed by atoms with E-state index in [-0.39, 0.29) is 25.5 Å². The molecule has 4 rings (SSSR count). The molecular formula is C24H23FN2O3. The molecule has 0 unspecified atom stereocenters. The van der Waals surface area contributed by atoms with E-state index >= 15 is 0 Å². The van der Waals surface area contributed by atoms with E-state index in [1.54, 1.807) is 12.1 Å². The average molecular weight is 406 g/mol. The van der Waals surface area contributed by atoms with E-state index < -0.39 is 11.9 Å². The summed E-state index contributed by atoms with van der Waals surface area (Å²) in [7, 11) is 0. The van der Waals surface area contributed by atoms with Gasteiger partial charge in [0.15, 0.2) is 11.6 Å². The van der Waals surface area contributed by atoms with Crippen LogP contribution in [0.1, 0.15) is 11.4 Å². The van der Waals surface area contributed by atoms with Crippen molar-refractivity contribution in [2.24, 2.45) is 0 Å². The number of imidazole rings is 1. The first-order chi connectivity index (χ1) is 14.6. The number of rotatable bonds is 8. The molecule has 0 aliphatic carbocycles. The summed E-state index contributed by atoms with van der Waals surface area (Å²) in [5, 5.41) is 10.5. The van der Waals surface area contributed by atoms with Crippen LogP contribution in [0.25, 0.3) is 11.0 Å². The van der Waals surface area contributed by atoms with Gasteiger partial charge in [-0.05, 0) is 43.3 Å². The summed E-state index contributed by atoms with van der Waals surface area (Å²) >= 11 is 0. The van der Waals surface area contributed by atoms with Crippen molar-refractivity contribution in [3.63, 3.8) is 0 Å². The standard InChI is InChI=1S/C24H23FN2O3/c1-17-10-12-19(13-11-17)29-16-24-26-21-7-3-4-8-22(21)27(24)14-18(28)15-30-23-9-5-2-6-20(23)25/h2-13,18,28H,14-16H2,1H3/t18-/m1/s1. The highest BCUT2D eigenvalue weighted by atomic mass is 19.1. The van der Waals surface area contributed by atoms with Crippen LogP contribution < -0.4 is 9.47 Å². The molecule has 154 valence electrons. The first kappa shape index (κ1) is 19.9. The molecule has 0 saturated carbocycles. The SMILES string of the molecule is Cc1ccc(OCc2nc3ccccc3n2C[C@@H](O)COc2ccccc2F)cc1. The van der Waals surface area contributed by atoms with Crippen LogP contribution in [-0.2, 0) is 13.2 Å². The summed E-state index contributed by atoms with van der Waals surface area (Å²) in [6.07, 6.45) is -0.847. The fourth-order valence-corrected chi connectivity index (χ4v) is 3.23. The first-order valence-electron chi connectivity index (χ1n) is 9.79. The van der Waals surface area contributed by atoms with Crippen LogP contribution in [0.4, 0.5) is 4.39 Å². The lowest BCUT2D eigenvalue weighted by Crippen LogP contribution is -2.25. The maximum atomic E-state index is 13.7. The highest BCUT2D eigenvalue weighted by Gasteiger charge is 2.16. The fraction of sp³-hybridized carbons (Fsp3) is 0.208. The number of para-hydroxylation sites is 3. The van der Waals surface area contributed by atoms with Crippen LogP contribution in [0.15, 0.2) is 72.8 Å². The van der Waals surface area contributed by atoms with Crippen LogP contribution >= 0.6 is 0 Å². The van der Waals surface area contributed by atoms with E-state index in [1.807, 2.05) is 60.0 Å². The number of aryl methyl sites for hydroxylation is 1. The third-order valence-corrected chi connectivity index (χ3v) is 4.78. The molecule has 5 nitrogen and oxygen atoms in total. The molecule has 6 heteroatoms. The fourth-order valence-electron chi connectivity index (χ4n) is 3.23. The lowest BCUT2D eigenvalue weighted by atomic mass is 10.2. The summed E-state index contributed by atoms with van der Waals surface area (Å²) in [6, 6.07) is 21.7. The van der Waals surface area contributed by atoms with Gasteiger partial charge in [0, 0.05) is 0 Å². The quantitative estimate of drug-likeness (QED) is 0.468. The molecule has 1 atom stereocenters. The van der Waals surface area contributed by atoms with Gasteiger partial charge in [-0.2, -0.15) is 0 Å². The van der Waals surface area contributed by atoms with E-state index in [2.05, 4.69) is 4.98 Å². The summed E-state index contributed by atoms with van der Waals surface area (Å²) in [5.74, 6) is 1.12. The molecule has 0 aliphatic rings. The predicted octanol–water partition coefficient (Wildman–Crippen LogP) is 4.50. The Balaban J connectivity index is 1.49. The number of benzene rings is 3. The summed E-state index contributed by atoms with van der Waals surface area (Å²) in [4.78, 5) is 4.66. The van der Waals surface area contributed by atoms with Crippen LogP contribution in [0.2, 0.25) is 0 Å². The number of aromatic nitrogens is 2. The van der Waals surface area contributed by atoms with Gasteiger partial charge in [-0.15, -0.1) is 0 Å². The molecule has 1 heterocycles. The molecular weight excluding hydrogens is 383 g/mol. The van der Waals surface area contributed by atoms with Crippen LogP contribution in [-0.4, -0.2) is 27.4 Å². The molecule has 4 aromatic rings. The van der Waals surface area contributed by atoms with Gasteiger partial charge in [0.1, 0.15) is 30.9 Å². The van der Waals surface area contributed by atoms with Crippen molar-refractivity contribution in [3.05, 3.63) is 90.0 Å². The molecule has 1 N–H and O–H groups in total. The van der Waals surface area contributed by atoms with Crippen molar-refractivity contribution in [1.29, 1.82) is 0 Å². The van der Waals surface area contributed by atoms with E-state index in [1.165, 1.54) is 12.1 Å². The van der Waals surface area contributed by atoms with Gasteiger partial charge >= 0.3 is 0 Å². The number of nitrogens with zero attached hydrogens (tertiary/aromatic N) is 2. The van der Waals surface area contributed by atoms with Crippen molar-refractivity contribution < 1.29 is 19.0 Å². The Hall–Kier alpha value is -3.38. The first-order valence-corrected chi connectivity index (χ1v) is 9.79. The largest absolute Gasteiger partial charge is 0.488 e. The minimum absolute atomic E-state index is 0.0360. The topological polar surface area (TPSA) is 56.5 Å². The predicted molar refractivity (Wildman–Crippen MR) is 113 cm³/mol. The highest BCUT2D eigenvalue weighted by molar-refractivity contribution is 5.75. The Morgan fingerprint density at radius 3 is 2.50 bits per heavy atom. The zero-order chi connectivity index (χ0) is 20.9. The normalized spacial score (nSPS) is 12.1. The lowest BCUT2D eigenvalue weighted by molar-refractivity contribution is 0.0898. The lowest BCUT2D eigenvalue weighted by Gasteiger charge is -2.16. The Labute approximate surface area is 174 Å². The van der Waals surface area contributed by atoms with Crippen molar-refractivity contribution in [2.45, 2.75) is 26.2 Å².